The van der Waals surface area contributed by atoms with Crippen LogP contribution in [0.3, 0.4) is 0 Å². The third-order valence-corrected chi connectivity index (χ3v) is 19.4. The van der Waals surface area contributed by atoms with Gasteiger partial charge in [-0.3, -0.25) is 43.2 Å². The van der Waals surface area contributed by atoms with E-state index in [2.05, 4.69) is 151 Å². The third-order valence-electron chi connectivity index (χ3n) is 17.0. The SMILES string of the molecule is C1=NCc2ccc(OCc3ccccc3)cc21.CC(C)(C)OC(=O)CBr.CC(C)(C)OC(=O)Cn1nc(C#N)c2cc(O)ccc21.CC(C)(C)OC(=O)Cn1nc(C#N)c2cc(OCc3ccccc3)ccc21.CC(C)(C)OC(=O)Cn1nc(I)c2cc(OCc3ccccc3)ccc21.ClCc1ncccn1.IC1=NCc2ccc(OCc3ccccc3)cc21. The molecule has 4 aromatic heterocycles. The van der Waals surface area contributed by atoms with E-state index in [-0.39, 0.29) is 59.6 Å². The molecule has 0 aliphatic carbocycles. The number of hydrogen-bond donors (Lipinski definition) is 1. The van der Waals surface area contributed by atoms with Gasteiger partial charge in [0.2, 0.25) is 0 Å². The number of ether oxygens (including phenoxy) is 8. The maximum absolute atomic E-state index is 12.1. The number of nitrogens with zero attached hydrogens (tertiary/aromatic N) is 12. The van der Waals surface area contributed by atoms with Gasteiger partial charge in [-0.1, -0.05) is 149 Å². The number of carbonyl (C=O) groups excluding carboxylic acids is 4. The molecule has 0 bridgehead atoms. The fourth-order valence-corrected chi connectivity index (χ4v) is 13.4. The Bertz CT molecular complexity index is 5920. The van der Waals surface area contributed by atoms with E-state index in [0.29, 0.717) is 65.7 Å². The summed E-state index contributed by atoms with van der Waals surface area (Å²) in [6, 6.07) is 74.1. The Morgan fingerprint density at radius 1 is 0.448 bits per heavy atom. The number of phenolic OH excluding ortho intramolecular Hbond substituents is 1. The minimum absolute atomic E-state index is 0.0471. The van der Waals surface area contributed by atoms with Crippen molar-refractivity contribution >= 4 is 139 Å². The molecule has 15 rings (SSSR count). The van der Waals surface area contributed by atoms with Gasteiger partial charge in [-0.25, -0.2) is 9.97 Å². The van der Waals surface area contributed by atoms with Gasteiger partial charge in [0, 0.05) is 45.9 Å². The lowest BCUT2D eigenvalue weighted by Crippen LogP contribution is -2.26. The quantitative estimate of drug-likeness (QED) is 0.0321. The average molecular weight is 2000 g/mol. The zero-order valence-corrected chi connectivity index (χ0v) is 78.2. The van der Waals surface area contributed by atoms with Crippen LogP contribution in [0.4, 0.5) is 0 Å². The van der Waals surface area contributed by atoms with Crippen molar-refractivity contribution < 1.29 is 62.2 Å². The van der Waals surface area contributed by atoms with E-state index in [1.165, 1.54) is 54.9 Å². The van der Waals surface area contributed by atoms with Crippen LogP contribution in [0, 0.1) is 26.4 Å². The number of rotatable bonds is 20. The first-order chi connectivity index (χ1) is 59.6. The van der Waals surface area contributed by atoms with Crippen LogP contribution in [0.15, 0.2) is 241 Å². The van der Waals surface area contributed by atoms with Gasteiger partial charge in [-0.05, 0) is 247 Å². The lowest BCUT2D eigenvalue weighted by atomic mass is 10.1. The van der Waals surface area contributed by atoms with E-state index in [1.54, 1.807) is 68.2 Å². The lowest BCUT2D eigenvalue weighted by molar-refractivity contribution is -0.156. The molecule has 0 saturated heterocycles. The van der Waals surface area contributed by atoms with Gasteiger partial charge >= 0.3 is 23.9 Å². The van der Waals surface area contributed by atoms with E-state index >= 15 is 0 Å². The number of nitriles is 2. The number of carbonyl (C=O) groups is 4. The predicted octanol–water partition coefficient (Wildman–Crippen LogP) is 20.4. The Hall–Kier alpha value is -12.1. The highest BCUT2D eigenvalue weighted by atomic mass is 127. The zero-order chi connectivity index (χ0) is 90.3. The maximum Gasteiger partial charge on any atom is 0.328 e. The van der Waals surface area contributed by atoms with Crippen LogP contribution in [-0.4, -0.2) is 106 Å². The minimum atomic E-state index is -0.573. The molecule has 125 heavy (non-hydrogen) atoms. The van der Waals surface area contributed by atoms with Crippen molar-refractivity contribution in [1.29, 1.82) is 10.5 Å². The second kappa shape index (κ2) is 46.6. The topological polar surface area (TPSA) is 314 Å². The number of alkyl halides is 2. The summed E-state index contributed by atoms with van der Waals surface area (Å²) in [4.78, 5) is 62.9. The molecule has 6 heterocycles. The van der Waals surface area contributed by atoms with Gasteiger partial charge in [0.05, 0.1) is 35.5 Å². The number of phenols is 1. The molecule has 2 aliphatic heterocycles. The molecule has 13 aromatic rings. The molecule has 0 saturated carbocycles. The number of halogens is 4. The van der Waals surface area contributed by atoms with Crippen molar-refractivity contribution in [3.63, 3.8) is 0 Å². The van der Waals surface area contributed by atoms with Crippen LogP contribution in [0.2, 0.25) is 0 Å². The van der Waals surface area contributed by atoms with E-state index in [9.17, 15) is 29.5 Å². The van der Waals surface area contributed by atoms with E-state index in [4.69, 9.17) is 54.8 Å². The first kappa shape index (κ1) is 96.7. The molecule has 25 nitrogen and oxygen atoms in total. The van der Waals surface area contributed by atoms with Crippen LogP contribution in [0.1, 0.15) is 145 Å². The molecular formula is C96H98BrClI2N12O13. The van der Waals surface area contributed by atoms with Gasteiger partial charge in [0.15, 0.2) is 11.4 Å². The molecular weight excluding hydrogens is 1900 g/mol. The Morgan fingerprint density at radius 3 is 1.22 bits per heavy atom. The zero-order valence-electron chi connectivity index (χ0n) is 71.5. The number of aliphatic imine (C=N–C) groups is 2. The summed E-state index contributed by atoms with van der Waals surface area (Å²) in [5, 5.41) is 43.0. The minimum Gasteiger partial charge on any atom is -0.508 e. The highest BCUT2D eigenvalue weighted by Crippen LogP contribution is 2.31. The van der Waals surface area contributed by atoms with Crippen LogP contribution in [-0.2, 0) is 103 Å². The Balaban J connectivity index is 0.000000170. The maximum atomic E-state index is 12.1. The first-order valence-corrected chi connectivity index (χ1v) is 43.5. The van der Waals surface area contributed by atoms with Crippen molar-refractivity contribution in [3.8, 4) is 40.9 Å². The van der Waals surface area contributed by atoms with Crippen molar-refractivity contribution in [2.75, 3.05) is 5.33 Å². The molecule has 0 atom stereocenters. The second-order valence-corrected chi connectivity index (χ2v) is 34.7. The molecule has 0 spiro atoms. The fourth-order valence-electron chi connectivity index (χ4n) is 11.8. The van der Waals surface area contributed by atoms with Crippen molar-refractivity contribution in [2.45, 2.75) is 171 Å². The van der Waals surface area contributed by atoms with E-state index < -0.39 is 28.7 Å². The monoisotopic (exact) mass is 1990 g/mol. The van der Waals surface area contributed by atoms with Crippen LogP contribution in [0.5, 0.6) is 28.7 Å². The van der Waals surface area contributed by atoms with E-state index in [1.807, 2.05) is 202 Å². The predicted molar refractivity (Wildman–Crippen MR) is 503 cm³/mol. The third kappa shape index (κ3) is 32.5. The van der Waals surface area contributed by atoms with Crippen molar-refractivity contribution in [1.82, 2.24) is 39.3 Å². The van der Waals surface area contributed by atoms with Gasteiger partial charge in [0.1, 0.15) is 128 Å². The summed E-state index contributed by atoms with van der Waals surface area (Å²) in [6.45, 7) is 25.6. The van der Waals surface area contributed by atoms with Gasteiger partial charge < -0.3 is 43.0 Å². The molecule has 648 valence electrons. The normalized spacial score (nSPS) is 11.6. The van der Waals surface area contributed by atoms with Gasteiger partial charge in [0.25, 0.3) is 0 Å². The summed E-state index contributed by atoms with van der Waals surface area (Å²) >= 11 is 12.8. The van der Waals surface area contributed by atoms with E-state index in [0.717, 1.165) is 59.8 Å². The van der Waals surface area contributed by atoms with Crippen LogP contribution in [0.25, 0.3) is 32.7 Å². The van der Waals surface area contributed by atoms with Gasteiger partial charge in [-0.2, -0.15) is 25.8 Å². The van der Waals surface area contributed by atoms with Crippen LogP contribution >= 0.6 is 72.7 Å². The summed E-state index contributed by atoms with van der Waals surface area (Å²) in [5.41, 5.74) is 10.0. The summed E-state index contributed by atoms with van der Waals surface area (Å²) in [5.74, 6) is 2.98. The number of hydrogen-bond acceptors (Lipinski definition) is 22. The highest BCUT2D eigenvalue weighted by Gasteiger charge is 2.24. The van der Waals surface area contributed by atoms with Crippen LogP contribution < -0.4 is 18.9 Å². The number of aromatic hydroxyl groups is 1. The average Bonchev–Trinajstić information content (AvgIpc) is 1.66. The van der Waals surface area contributed by atoms with Crippen molar-refractivity contribution in [3.05, 3.63) is 296 Å². The highest BCUT2D eigenvalue weighted by molar-refractivity contribution is 14.1. The smallest absolute Gasteiger partial charge is 0.328 e. The number of benzene rings is 9. The Kier molecular flexibility index (Phi) is 36.0. The molecule has 2 aliphatic rings. The summed E-state index contributed by atoms with van der Waals surface area (Å²) in [7, 11) is 0. The lowest BCUT2D eigenvalue weighted by Gasteiger charge is -2.19. The fraction of sp³-hybridized carbons (Fsp3) is 0.281. The summed E-state index contributed by atoms with van der Waals surface area (Å²) in [6.07, 6.45) is 5.25. The second-order valence-electron chi connectivity index (χ2n) is 31.9. The molecule has 29 heteroatoms. The molecule has 9 aromatic carbocycles. The Labute approximate surface area is 768 Å². The first-order valence-electron chi connectivity index (χ1n) is 39.6. The van der Waals surface area contributed by atoms with Gasteiger partial charge in [-0.15, -0.1) is 11.6 Å². The summed E-state index contributed by atoms with van der Waals surface area (Å²) < 4.78 is 50.6. The van der Waals surface area contributed by atoms with Crippen molar-refractivity contribution in [2.24, 2.45) is 9.98 Å². The number of fused-ring (bicyclic) bond motifs is 5. The standard InChI is InChI=1S/C21H21N3O3.C20H21IN2O3.C15H12INO.C15H13NO.C14H15N3O3.C6H11BrO2.C5H5ClN2/c1-21(2,3)27-20(25)13-24-19-10-9-16(11-17(19)18(12-22)23-24)26-14-15-7-5-4-6-8-15;1-20(2,3)26-18(24)12-23-17-10-9-15(11-16(17)19(21)22-23)25-13-14-7-5-4-6-8-14;16-15-14-8-13(7-6-12(14)9-17-15)18-10-11-4-2-1-3-5-11;1-2-4-12(5-3-1)11-17-15-7-6-13-9-16-10-14(13)8-15;1-14(2,3)20-13(19)8-17-12-5-4-9(18)6-10(12)11(7-15)16-17;1-6(2,3)9-5(8)4-7;6-4-5-7-2-1-3-8-5/h4-11H,13-14H2,1-3H3;4-11H,12-13H2,1-3H3;1-8H,9-10H2;1-8,10H,9,11H2;4-6,18H,8H2,1-3H3;4H2,1-3H3;1-3H,4H2. The molecule has 1 N–H and O–H groups in total. The number of esters is 4. The molecule has 0 radical (unpaired) electrons. The molecule has 0 amide bonds. The Morgan fingerprint density at radius 2 is 0.816 bits per heavy atom. The molecule has 0 unspecified atom stereocenters. The molecule has 0 fully saturated rings. The number of aromatic nitrogens is 8. The largest absolute Gasteiger partial charge is 0.508 e.